The minimum absolute atomic E-state index is 0.515. The molecule has 106 valence electrons. The summed E-state index contributed by atoms with van der Waals surface area (Å²) in [6.07, 6.45) is 5.38. The summed E-state index contributed by atoms with van der Waals surface area (Å²) < 4.78 is 7.64. The average Bonchev–Trinajstić information content (AvgIpc) is 3.00. The second kappa shape index (κ2) is 6.22. The van der Waals surface area contributed by atoms with Gasteiger partial charge in [-0.05, 0) is 18.4 Å². The Hall–Kier alpha value is -2.62. The number of rotatable bonds is 6. The van der Waals surface area contributed by atoms with Crippen LogP contribution in [0.2, 0.25) is 0 Å². The highest BCUT2D eigenvalue weighted by molar-refractivity contribution is 5.41. The highest BCUT2D eigenvalue weighted by atomic mass is 16.5. The minimum Gasteiger partial charge on any atom is -0.473 e. The van der Waals surface area contributed by atoms with Crippen LogP contribution < -0.4 is 4.74 Å². The van der Waals surface area contributed by atoms with E-state index in [1.54, 1.807) is 10.7 Å². The van der Waals surface area contributed by atoms with E-state index < -0.39 is 0 Å². The zero-order valence-corrected chi connectivity index (χ0v) is 11.8. The molecule has 0 aliphatic heterocycles. The molecule has 3 aromatic rings. The minimum atomic E-state index is 0.515. The summed E-state index contributed by atoms with van der Waals surface area (Å²) in [6.45, 7) is 4.26. The standard InChI is InChI=1S/C17H17N3O/c1-2-3-9-15-12-17(20-16(19-15)10-11-18-20)21-13-14-7-5-4-6-8-14/h2,4-8,10-12H,1,3,9,13H2. The maximum Gasteiger partial charge on any atom is 0.218 e. The maximum atomic E-state index is 5.92. The van der Waals surface area contributed by atoms with Crippen molar-refractivity contribution in [2.45, 2.75) is 19.4 Å². The van der Waals surface area contributed by atoms with E-state index in [4.69, 9.17) is 4.74 Å². The molecule has 0 aliphatic rings. The lowest BCUT2D eigenvalue weighted by Gasteiger charge is -2.09. The number of allylic oxidation sites excluding steroid dienone is 1. The fourth-order valence-corrected chi connectivity index (χ4v) is 2.15. The molecule has 4 nitrogen and oxygen atoms in total. The summed E-state index contributed by atoms with van der Waals surface area (Å²) in [7, 11) is 0. The van der Waals surface area contributed by atoms with E-state index in [-0.39, 0.29) is 0 Å². The van der Waals surface area contributed by atoms with Crippen molar-refractivity contribution in [2.24, 2.45) is 0 Å². The lowest BCUT2D eigenvalue weighted by Crippen LogP contribution is -2.04. The van der Waals surface area contributed by atoms with Crippen molar-refractivity contribution >= 4 is 5.65 Å². The van der Waals surface area contributed by atoms with Crippen LogP contribution in [0.4, 0.5) is 0 Å². The highest BCUT2D eigenvalue weighted by Crippen LogP contribution is 2.17. The van der Waals surface area contributed by atoms with Gasteiger partial charge in [-0.25, -0.2) is 4.98 Å². The number of aromatic nitrogens is 3. The number of ether oxygens (including phenoxy) is 1. The van der Waals surface area contributed by atoms with Crippen molar-refractivity contribution in [3.8, 4) is 5.88 Å². The van der Waals surface area contributed by atoms with Crippen LogP contribution in [0, 0.1) is 0 Å². The van der Waals surface area contributed by atoms with Crippen molar-refractivity contribution in [3.63, 3.8) is 0 Å². The molecule has 3 rings (SSSR count). The number of nitrogens with zero attached hydrogens (tertiary/aromatic N) is 3. The van der Waals surface area contributed by atoms with Crippen LogP contribution in [0.15, 0.2) is 61.3 Å². The first-order valence-electron chi connectivity index (χ1n) is 6.98. The zero-order valence-electron chi connectivity index (χ0n) is 11.8. The lowest BCUT2D eigenvalue weighted by atomic mass is 10.2. The lowest BCUT2D eigenvalue weighted by molar-refractivity contribution is 0.285. The van der Waals surface area contributed by atoms with Crippen molar-refractivity contribution < 1.29 is 4.74 Å². The van der Waals surface area contributed by atoms with Gasteiger partial charge in [-0.15, -0.1) is 6.58 Å². The number of fused-ring (bicyclic) bond motifs is 1. The first-order valence-corrected chi connectivity index (χ1v) is 6.98. The number of aryl methyl sites for hydroxylation is 1. The molecule has 0 radical (unpaired) electrons. The van der Waals surface area contributed by atoms with Gasteiger partial charge in [0.05, 0.1) is 6.20 Å². The van der Waals surface area contributed by atoms with E-state index >= 15 is 0 Å². The average molecular weight is 279 g/mol. The molecule has 0 spiro atoms. The van der Waals surface area contributed by atoms with Crippen LogP contribution in [0.25, 0.3) is 5.65 Å². The fourth-order valence-electron chi connectivity index (χ4n) is 2.15. The third-order valence-corrected chi connectivity index (χ3v) is 3.21. The molecule has 4 heteroatoms. The molecule has 0 aliphatic carbocycles. The molecule has 0 bridgehead atoms. The maximum absolute atomic E-state index is 5.92. The van der Waals surface area contributed by atoms with Gasteiger partial charge in [0.2, 0.25) is 5.88 Å². The summed E-state index contributed by atoms with van der Waals surface area (Å²) in [5, 5.41) is 4.26. The van der Waals surface area contributed by atoms with Crippen LogP contribution in [0.3, 0.4) is 0 Å². The second-order valence-electron chi connectivity index (χ2n) is 4.79. The van der Waals surface area contributed by atoms with E-state index in [0.717, 1.165) is 29.7 Å². The molecule has 0 unspecified atom stereocenters. The normalized spacial score (nSPS) is 10.7. The van der Waals surface area contributed by atoms with Crippen molar-refractivity contribution in [1.29, 1.82) is 0 Å². The topological polar surface area (TPSA) is 39.4 Å². The molecule has 0 amide bonds. The van der Waals surface area contributed by atoms with Crippen LogP contribution in [0.1, 0.15) is 17.7 Å². The van der Waals surface area contributed by atoms with Crippen molar-refractivity contribution in [2.75, 3.05) is 0 Å². The molecule has 0 fully saturated rings. The van der Waals surface area contributed by atoms with Crippen LogP contribution in [-0.2, 0) is 13.0 Å². The SMILES string of the molecule is C=CCCc1cc(OCc2ccccc2)n2nccc2n1. The second-order valence-corrected chi connectivity index (χ2v) is 4.79. The fraction of sp³-hybridized carbons (Fsp3) is 0.176. The van der Waals surface area contributed by atoms with Gasteiger partial charge in [0, 0.05) is 17.8 Å². The van der Waals surface area contributed by atoms with Crippen LogP contribution >= 0.6 is 0 Å². The summed E-state index contributed by atoms with van der Waals surface area (Å²) in [5.74, 6) is 0.716. The van der Waals surface area contributed by atoms with Gasteiger partial charge in [0.25, 0.3) is 0 Å². The molecule has 21 heavy (non-hydrogen) atoms. The molecule has 0 saturated carbocycles. The number of hydrogen-bond donors (Lipinski definition) is 0. The van der Waals surface area contributed by atoms with E-state index in [1.165, 1.54) is 0 Å². The summed E-state index contributed by atoms with van der Waals surface area (Å²) in [4.78, 5) is 4.56. The van der Waals surface area contributed by atoms with Gasteiger partial charge in [-0.3, -0.25) is 0 Å². The molecule has 0 atom stereocenters. The van der Waals surface area contributed by atoms with E-state index in [0.29, 0.717) is 12.5 Å². The molecular formula is C17H17N3O. The van der Waals surface area contributed by atoms with Gasteiger partial charge >= 0.3 is 0 Å². The molecular weight excluding hydrogens is 262 g/mol. The van der Waals surface area contributed by atoms with Crippen LogP contribution in [-0.4, -0.2) is 14.6 Å². The largest absolute Gasteiger partial charge is 0.473 e. The Morgan fingerprint density at radius 1 is 1.19 bits per heavy atom. The van der Waals surface area contributed by atoms with Gasteiger partial charge in [0.15, 0.2) is 5.65 Å². The Labute approximate surface area is 123 Å². The van der Waals surface area contributed by atoms with E-state index in [1.807, 2.05) is 48.5 Å². The van der Waals surface area contributed by atoms with E-state index in [2.05, 4.69) is 16.7 Å². The van der Waals surface area contributed by atoms with Gasteiger partial charge in [0.1, 0.15) is 6.61 Å². The molecule has 2 heterocycles. The number of hydrogen-bond acceptors (Lipinski definition) is 3. The molecule has 2 aromatic heterocycles. The Bertz CT molecular complexity index is 734. The third kappa shape index (κ3) is 3.11. The smallest absolute Gasteiger partial charge is 0.218 e. The van der Waals surface area contributed by atoms with Crippen LogP contribution in [0.5, 0.6) is 5.88 Å². The van der Waals surface area contributed by atoms with Gasteiger partial charge in [-0.2, -0.15) is 9.61 Å². The monoisotopic (exact) mass is 279 g/mol. The van der Waals surface area contributed by atoms with Gasteiger partial charge in [-0.1, -0.05) is 36.4 Å². The van der Waals surface area contributed by atoms with Crippen molar-refractivity contribution in [1.82, 2.24) is 14.6 Å². The Morgan fingerprint density at radius 2 is 2.05 bits per heavy atom. The Kier molecular flexibility index (Phi) is 3.96. The molecule has 0 N–H and O–H groups in total. The Morgan fingerprint density at radius 3 is 2.86 bits per heavy atom. The summed E-state index contributed by atoms with van der Waals surface area (Å²) in [6, 6.07) is 13.9. The first kappa shape index (κ1) is 13.4. The predicted octanol–water partition coefficient (Wildman–Crippen LogP) is 3.43. The molecule has 1 aromatic carbocycles. The van der Waals surface area contributed by atoms with Gasteiger partial charge < -0.3 is 4.74 Å². The Balaban J connectivity index is 1.85. The summed E-state index contributed by atoms with van der Waals surface area (Å²) >= 11 is 0. The zero-order chi connectivity index (χ0) is 14.5. The molecule has 0 saturated heterocycles. The third-order valence-electron chi connectivity index (χ3n) is 3.21. The van der Waals surface area contributed by atoms with E-state index in [9.17, 15) is 0 Å². The quantitative estimate of drug-likeness (QED) is 0.649. The first-order chi connectivity index (χ1) is 10.4. The predicted molar refractivity (Wildman–Crippen MR) is 82.3 cm³/mol. The highest BCUT2D eigenvalue weighted by Gasteiger charge is 2.07. The number of benzene rings is 1. The summed E-state index contributed by atoms with van der Waals surface area (Å²) in [5.41, 5.74) is 2.92. The van der Waals surface area contributed by atoms with Crippen molar-refractivity contribution in [3.05, 3.63) is 72.6 Å².